The van der Waals surface area contributed by atoms with Gasteiger partial charge in [-0.3, -0.25) is 19.0 Å². The summed E-state index contributed by atoms with van der Waals surface area (Å²) in [5.74, 6) is 0.535. The standard InChI is InChI=1S/C30H37N3O4S/c1-6-27-31-25(22-12-10-9-11-13-22)19-28(34)33(27)20-29(35)32(7-2)23-14-16-24(17-15-23)38-26(18-21(4)5)30(36)37-8-3/h9-17,19,21,26H,6-8,18,20H2,1-5H3. The SMILES string of the molecule is CCOC(=O)C(CC(C)C)Sc1ccc(N(CC)C(=O)Cn2c(CC)nc(-c3ccccc3)cc2=O)cc1. The van der Waals surface area contributed by atoms with Gasteiger partial charge in [0.2, 0.25) is 5.91 Å². The molecule has 0 spiro atoms. The summed E-state index contributed by atoms with van der Waals surface area (Å²) >= 11 is 1.48. The zero-order valence-corrected chi connectivity index (χ0v) is 23.7. The molecule has 1 heterocycles. The third-order valence-corrected chi connectivity index (χ3v) is 7.26. The average Bonchev–Trinajstić information content (AvgIpc) is 2.91. The van der Waals surface area contributed by atoms with E-state index in [4.69, 9.17) is 4.74 Å². The molecule has 0 fully saturated rings. The molecule has 2 aromatic carbocycles. The minimum atomic E-state index is -0.282. The molecule has 1 amide bonds. The Morgan fingerprint density at radius 1 is 1.03 bits per heavy atom. The molecule has 202 valence electrons. The number of hydrogen-bond donors (Lipinski definition) is 0. The van der Waals surface area contributed by atoms with Crippen LogP contribution >= 0.6 is 11.8 Å². The molecule has 0 bridgehead atoms. The maximum atomic E-state index is 13.3. The highest BCUT2D eigenvalue weighted by atomic mass is 32.2. The van der Waals surface area contributed by atoms with Crippen molar-refractivity contribution >= 4 is 29.3 Å². The number of amides is 1. The van der Waals surface area contributed by atoms with Gasteiger partial charge >= 0.3 is 5.97 Å². The second-order valence-electron chi connectivity index (χ2n) is 9.32. The van der Waals surface area contributed by atoms with E-state index in [0.717, 1.165) is 22.6 Å². The van der Waals surface area contributed by atoms with Gasteiger partial charge in [0.1, 0.15) is 17.6 Å². The third kappa shape index (κ3) is 7.57. The lowest BCUT2D eigenvalue weighted by Gasteiger charge is -2.23. The molecule has 0 radical (unpaired) electrons. The highest BCUT2D eigenvalue weighted by Gasteiger charge is 2.23. The molecule has 0 aliphatic carbocycles. The third-order valence-electron chi connectivity index (χ3n) is 6.05. The van der Waals surface area contributed by atoms with Crippen molar-refractivity contribution in [2.75, 3.05) is 18.1 Å². The van der Waals surface area contributed by atoms with E-state index < -0.39 is 0 Å². The molecule has 1 atom stereocenters. The number of carbonyl (C=O) groups is 2. The summed E-state index contributed by atoms with van der Waals surface area (Å²) in [5.41, 5.74) is 1.96. The van der Waals surface area contributed by atoms with Crippen molar-refractivity contribution < 1.29 is 14.3 Å². The van der Waals surface area contributed by atoms with Crippen molar-refractivity contribution in [1.29, 1.82) is 0 Å². The fraction of sp³-hybridized carbons (Fsp3) is 0.400. The Labute approximate surface area is 229 Å². The second kappa shape index (κ2) is 14.0. The summed E-state index contributed by atoms with van der Waals surface area (Å²) in [7, 11) is 0. The van der Waals surface area contributed by atoms with Crippen LogP contribution in [0.2, 0.25) is 0 Å². The largest absolute Gasteiger partial charge is 0.465 e. The van der Waals surface area contributed by atoms with Crippen LogP contribution in [0.25, 0.3) is 11.3 Å². The van der Waals surface area contributed by atoms with Gasteiger partial charge in [-0.25, -0.2) is 4.98 Å². The quantitative estimate of drug-likeness (QED) is 0.222. The summed E-state index contributed by atoms with van der Waals surface area (Å²) in [6, 6.07) is 18.6. The average molecular weight is 536 g/mol. The monoisotopic (exact) mass is 535 g/mol. The Morgan fingerprint density at radius 2 is 1.71 bits per heavy atom. The van der Waals surface area contributed by atoms with E-state index in [2.05, 4.69) is 18.8 Å². The van der Waals surface area contributed by atoms with Gasteiger partial charge in [-0.2, -0.15) is 0 Å². The Morgan fingerprint density at radius 3 is 2.29 bits per heavy atom. The zero-order chi connectivity index (χ0) is 27.7. The van der Waals surface area contributed by atoms with Crippen molar-refractivity contribution in [3.63, 3.8) is 0 Å². The molecule has 0 aliphatic heterocycles. The van der Waals surface area contributed by atoms with E-state index in [-0.39, 0.29) is 29.2 Å². The zero-order valence-electron chi connectivity index (χ0n) is 22.8. The molecule has 0 N–H and O–H groups in total. The first-order chi connectivity index (χ1) is 18.3. The van der Waals surface area contributed by atoms with Gasteiger partial charge in [-0.1, -0.05) is 51.1 Å². The first-order valence-corrected chi connectivity index (χ1v) is 14.0. The van der Waals surface area contributed by atoms with Gasteiger partial charge in [0.25, 0.3) is 5.56 Å². The Hall–Kier alpha value is -3.39. The smallest absolute Gasteiger partial charge is 0.319 e. The topological polar surface area (TPSA) is 81.5 Å². The fourth-order valence-corrected chi connectivity index (χ4v) is 5.47. The highest BCUT2D eigenvalue weighted by Crippen LogP contribution is 2.30. The number of rotatable bonds is 12. The number of ether oxygens (including phenoxy) is 1. The number of aryl methyl sites for hydroxylation is 1. The Balaban J connectivity index is 1.78. The lowest BCUT2D eigenvalue weighted by atomic mass is 10.1. The molecule has 7 nitrogen and oxygen atoms in total. The lowest BCUT2D eigenvalue weighted by molar-refractivity contribution is -0.142. The molecule has 0 aliphatic rings. The number of carbonyl (C=O) groups excluding carboxylic acids is 2. The van der Waals surface area contributed by atoms with E-state index in [1.165, 1.54) is 22.4 Å². The molecule has 3 aromatic rings. The van der Waals surface area contributed by atoms with Gasteiger partial charge in [0, 0.05) is 35.2 Å². The van der Waals surface area contributed by atoms with Crippen LogP contribution in [0.1, 0.15) is 46.9 Å². The number of benzene rings is 2. The Bertz CT molecular complexity index is 1270. The summed E-state index contributed by atoms with van der Waals surface area (Å²) in [6.07, 6.45) is 1.25. The number of hydrogen-bond acceptors (Lipinski definition) is 6. The number of aromatic nitrogens is 2. The lowest BCUT2D eigenvalue weighted by Crippen LogP contribution is -2.37. The molecule has 38 heavy (non-hydrogen) atoms. The van der Waals surface area contributed by atoms with Crippen LogP contribution in [0.3, 0.4) is 0 Å². The summed E-state index contributed by atoms with van der Waals surface area (Å²) < 4.78 is 6.72. The number of likely N-dealkylation sites (N-methyl/N-ethyl adjacent to an activating group) is 1. The van der Waals surface area contributed by atoms with E-state index in [1.807, 2.05) is 75.4 Å². The first-order valence-electron chi connectivity index (χ1n) is 13.2. The predicted octanol–water partition coefficient (Wildman–Crippen LogP) is 5.60. The van der Waals surface area contributed by atoms with E-state index in [9.17, 15) is 14.4 Å². The van der Waals surface area contributed by atoms with Crippen molar-refractivity contribution in [3.8, 4) is 11.3 Å². The minimum absolute atomic E-state index is 0.0895. The number of nitrogens with zero attached hydrogens (tertiary/aromatic N) is 3. The van der Waals surface area contributed by atoms with Crippen molar-refractivity contribution in [3.05, 3.63) is 76.8 Å². The molecule has 1 unspecified atom stereocenters. The highest BCUT2D eigenvalue weighted by molar-refractivity contribution is 8.00. The van der Waals surface area contributed by atoms with Gasteiger partial charge in [-0.05, 0) is 50.5 Å². The number of anilines is 1. The van der Waals surface area contributed by atoms with Crippen LogP contribution in [0.5, 0.6) is 0 Å². The van der Waals surface area contributed by atoms with Gasteiger partial charge < -0.3 is 9.64 Å². The van der Waals surface area contributed by atoms with Crippen LogP contribution in [0.15, 0.2) is 70.4 Å². The summed E-state index contributed by atoms with van der Waals surface area (Å²) in [6.45, 7) is 10.5. The maximum absolute atomic E-state index is 13.3. The van der Waals surface area contributed by atoms with E-state index >= 15 is 0 Å². The maximum Gasteiger partial charge on any atom is 0.319 e. The van der Waals surface area contributed by atoms with E-state index in [0.29, 0.717) is 37.0 Å². The fourth-order valence-electron chi connectivity index (χ4n) is 4.20. The number of esters is 1. The van der Waals surface area contributed by atoms with Gasteiger partial charge in [0.05, 0.1) is 12.3 Å². The predicted molar refractivity (Wildman–Crippen MR) is 154 cm³/mol. The molecule has 0 saturated heterocycles. The molecular weight excluding hydrogens is 498 g/mol. The number of thioether (sulfide) groups is 1. The minimum Gasteiger partial charge on any atom is -0.465 e. The van der Waals surface area contributed by atoms with Crippen LogP contribution in [0, 0.1) is 5.92 Å². The second-order valence-corrected chi connectivity index (χ2v) is 10.6. The van der Waals surface area contributed by atoms with Crippen LogP contribution in [-0.4, -0.2) is 39.8 Å². The van der Waals surface area contributed by atoms with Crippen molar-refractivity contribution in [2.24, 2.45) is 5.92 Å². The van der Waals surface area contributed by atoms with Crippen LogP contribution < -0.4 is 10.5 Å². The van der Waals surface area contributed by atoms with Gasteiger partial charge in [-0.15, -0.1) is 11.8 Å². The van der Waals surface area contributed by atoms with E-state index in [1.54, 1.807) is 4.90 Å². The molecule has 1 aromatic heterocycles. The van der Waals surface area contributed by atoms with Crippen molar-refractivity contribution in [1.82, 2.24) is 9.55 Å². The molecular formula is C30H37N3O4S. The Kier molecular flexibility index (Phi) is 10.7. The van der Waals surface area contributed by atoms with Crippen LogP contribution in [0.4, 0.5) is 5.69 Å². The molecule has 0 saturated carbocycles. The molecule has 8 heteroatoms. The first kappa shape index (κ1) is 29.2. The van der Waals surface area contributed by atoms with Gasteiger partial charge in [0.15, 0.2) is 0 Å². The normalized spacial score (nSPS) is 11.8. The summed E-state index contributed by atoms with van der Waals surface area (Å²) in [5, 5.41) is -0.282. The van der Waals surface area contributed by atoms with Crippen molar-refractivity contribution in [2.45, 2.75) is 64.2 Å². The summed E-state index contributed by atoms with van der Waals surface area (Å²) in [4.78, 5) is 46.0. The van der Waals surface area contributed by atoms with Crippen LogP contribution in [-0.2, 0) is 27.3 Å². The molecule has 3 rings (SSSR count).